The number of fused-ring (bicyclic) bond motifs is 2. The quantitative estimate of drug-likeness (QED) is 0.121. The minimum absolute atomic E-state index is 0.0420. The van der Waals surface area contributed by atoms with E-state index < -0.39 is 11.0 Å². The molecule has 10 rings (SSSR count). The third kappa shape index (κ3) is 4.15. The lowest BCUT2D eigenvalue weighted by molar-refractivity contribution is -0.166. The number of nitrogens with zero attached hydrogens (tertiary/aromatic N) is 1. The average molecular weight is 674 g/mol. The van der Waals surface area contributed by atoms with Crippen molar-refractivity contribution in [1.82, 2.24) is 4.98 Å². The van der Waals surface area contributed by atoms with Crippen LogP contribution in [-0.4, -0.2) is 38.4 Å². The van der Waals surface area contributed by atoms with Crippen LogP contribution in [0.5, 0.6) is 0 Å². The molecular formula is C42H43NO3S2. The molecule has 48 heavy (non-hydrogen) atoms. The molecule has 6 aliphatic rings. The summed E-state index contributed by atoms with van der Waals surface area (Å²) >= 11 is 3.40. The highest BCUT2D eigenvalue weighted by Crippen LogP contribution is 2.78. The zero-order chi connectivity index (χ0) is 32.9. The summed E-state index contributed by atoms with van der Waals surface area (Å²) in [5.74, 6) is 1.13. The number of para-hydroxylation sites is 1. The zero-order valence-corrected chi connectivity index (χ0v) is 29.3. The Balaban J connectivity index is 1.11. The normalized spacial score (nSPS) is 37.9. The van der Waals surface area contributed by atoms with E-state index in [1.165, 1.54) is 4.70 Å². The number of thioether (sulfide) groups is 1. The maximum absolute atomic E-state index is 15.0. The molecular weight excluding hydrogens is 631 g/mol. The molecule has 3 fully saturated rings. The first-order valence-corrected chi connectivity index (χ1v) is 19.4. The molecule has 1 aromatic heterocycles. The third-order valence-electron chi connectivity index (χ3n) is 13.9. The molecule has 2 N–H and O–H groups in total. The Kier molecular flexibility index (Phi) is 6.93. The summed E-state index contributed by atoms with van der Waals surface area (Å²) < 4.78 is 2.18. The van der Waals surface area contributed by atoms with Gasteiger partial charge in [0.1, 0.15) is 0 Å². The van der Waals surface area contributed by atoms with Crippen molar-refractivity contribution >= 4 is 39.1 Å². The largest absolute Gasteiger partial charge is 0.393 e. The molecule has 1 heterocycles. The van der Waals surface area contributed by atoms with Crippen LogP contribution < -0.4 is 0 Å². The number of rotatable bonds is 6. The molecule has 0 radical (unpaired) electrons. The van der Waals surface area contributed by atoms with Crippen LogP contribution in [0.1, 0.15) is 69.2 Å². The van der Waals surface area contributed by atoms with Crippen molar-refractivity contribution in [2.45, 2.75) is 74.8 Å². The summed E-state index contributed by atoms with van der Waals surface area (Å²) in [6.07, 6.45) is 12.7. The maximum Gasteiger partial charge on any atom is 0.189 e. The monoisotopic (exact) mass is 673 g/mol. The number of hydrogen-bond donors (Lipinski definition) is 2. The van der Waals surface area contributed by atoms with Crippen LogP contribution in [0.15, 0.2) is 107 Å². The number of carbonyl (C=O) groups is 1. The Hall–Kier alpha value is -3.03. The highest BCUT2D eigenvalue weighted by atomic mass is 32.2. The standard InChI is InChI=1S/C42H43NO3S2/c1-38-19-16-30(44)24-40(38)22-23-42(31(25-40)36(45)29-14-12-28(13-15-29)27-8-4-3-5-9-27)34(38)17-20-39(2)35(42)18-21-41(39,46)26-47-37-43-32-10-6-7-11-33(32)48-37/h3-15,22-23,25,30,34-35,44,46H,16-21,24,26H2,1-2H3. The van der Waals surface area contributed by atoms with E-state index >= 15 is 0 Å². The lowest BCUT2D eigenvalue weighted by atomic mass is 9.32. The van der Waals surface area contributed by atoms with E-state index in [4.69, 9.17) is 4.98 Å². The van der Waals surface area contributed by atoms with Crippen LogP contribution in [0.3, 0.4) is 0 Å². The zero-order valence-electron chi connectivity index (χ0n) is 27.7. The van der Waals surface area contributed by atoms with Crippen LogP contribution in [0.2, 0.25) is 0 Å². The van der Waals surface area contributed by atoms with Crippen LogP contribution in [0.25, 0.3) is 21.3 Å². The van der Waals surface area contributed by atoms with Crippen molar-refractivity contribution in [3.05, 3.63) is 108 Å². The smallest absolute Gasteiger partial charge is 0.189 e. The molecule has 2 spiro atoms. The maximum atomic E-state index is 15.0. The second-order valence-electron chi connectivity index (χ2n) is 15.8. The van der Waals surface area contributed by atoms with Crippen molar-refractivity contribution < 1.29 is 15.0 Å². The summed E-state index contributed by atoms with van der Waals surface area (Å²) in [6, 6.07) is 26.7. The van der Waals surface area contributed by atoms with Crippen LogP contribution in [0, 0.1) is 33.5 Å². The molecule has 3 saturated carbocycles. The first-order chi connectivity index (χ1) is 23.1. The van der Waals surface area contributed by atoms with Gasteiger partial charge in [-0.2, -0.15) is 0 Å². The number of Topliss-reactive ketones (excluding diaryl/α,β-unsaturated/α-hetero) is 1. The van der Waals surface area contributed by atoms with Crippen molar-refractivity contribution in [3.63, 3.8) is 0 Å². The topological polar surface area (TPSA) is 70.4 Å². The summed E-state index contributed by atoms with van der Waals surface area (Å²) in [5.41, 5.74) is 2.83. The van der Waals surface area contributed by atoms with Crippen LogP contribution in [-0.2, 0) is 0 Å². The predicted molar refractivity (Wildman–Crippen MR) is 195 cm³/mol. The Morgan fingerprint density at radius 1 is 0.854 bits per heavy atom. The summed E-state index contributed by atoms with van der Waals surface area (Å²) in [7, 11) is 0. The first kappa shape index (κ1) is 31.0. The molecule has 0 saturated heterocycles. The van der Waals surface area contributed by atoms with Gasteiger partial charge in [0, 0.05) is 33.1 Å². The number of allylic oxidation sites excluding steroid dienone is 4. The minimum atomic E-state index is -0.866. The molecule has 6 aliphatic carbocycles. The van der Waals surface area contributed by atoms with Crippen molar-refractivity contribution in [2.24, 2.45) is 33.5 Å². The van der Waals surface area contributed by atoms with E-state index in [0.717, 1.165) is 70.6 Å². The second kappa shape index (κ2) is 10.7. The number of aromatic nitrogens is 1. The van der Waals surface area contributed by atoms with Gasteiger partial charge in [-0.05, 0) is 85.5 Å². The fourth-order valence-electron chi connectivity index (χ4n) is 11.3. The Morgan fingerprint density at radius 2 is 1.54 bits per heavy atom. The van der Waals surface area contributed by atoms with Crippen molar-refractivity contribution in [3.8, 4) is 11.1 Å². The summed E-state index contributed by atoms with van der Waals surface area (Å²) in [5, 5.41) is 23.7. The van der Waals surface area contributed by atoms with E-state index in [9.17, 15) is 15.0 Å². The van der Waals surface area contributed by atoms with Gasteiger partial charge in [0.2, 0.25) is 0 Å². The van der Waals surface area contributed by atoms with Gasteiger partial charge in [-0.1, -0.05) is 111 Å². The van der Waals surface area contributed by atoms with Gasteiger partial charge in [-0.15, -0.1) is 11.3 Å². The van der Waals surface area contributed by atoms with E-state index in [1.54, 1.807) is 23.1 Å². The van der Waals surface area contributed by atoms with E-state index in [0.29, 0.717) is 12.2 Å². The molecule has 246 valence electrons. The number of benzene rings is 3. The number of ketones is 1. The van der Waals surface area contributed by atoms with Crippen molar-refractivity contribution in [1.29, 1.82) is 0 Å². The van der Waals surface area contributed by atoms with Gasteiger partial charge >= 0.3 is 0 Å². The van der Waals surface area contributed by atoms with Gasteiger partial charge in [0.25, 0.3) is 0 Å². The van der Waals surface area contributed by atoms with Gasteiger partial charge in [0.15, 0.2) is 10.1 Å². The molecule has 0 amide bonds. The molecule has 4 aromatic rings. The lowest BCUT2D eigenvalue weighted by Gasteiger charge is -2.71. The fourth-order valence-corrected chi connectivity index (χ4v) is 13.6. The van der Waals surface area contributed by atoms with Gasteiger partial charge in [-0.25, -0.2) is 4.98 Å². The number of carbonyl (C=O) groups excluding carboxylic acids is 1. The van der Waals surface area contributed by atoms with Crippen LogP contribution >= 0.6 is 23.1 Å². The van der Waals surface area contributed by atoms with E-state index in [-0.39, 0.29) is 40.0 Å². The predicted octanol–water partition coefficient (Wildman–Crippen LogP) is 9.53. The Labute approximate surface area is 291 Å². The lowest BCUT2D eigenvalue weighted by Crippen LogP contribution is -2.67. The SMILES string of the molecule is CC12CCC(O)CC13C=CC1(C(C(=O)c4ccc(-c5ccccc5)cc4)=C3)C2CCC2(C)C1CCC2(O)CSc1nc2ccccc2s1. The van der Waals surface area contributed by atoms with Gasteiger partial charge < -0.3 is 10.2 Å². The van der Waals surface area contributed by atoms with E-state index in [2.05, 4.69) is 74.5 Å². The summed E-state index contributed by atoms with van der Waals surface area (Å²) in [4.78, 5) is 19.8. The molecule has 6 heteroatoms. The van der Waals surface area contributed by atoms with Gasteiger partial charge in [0.05, 0.1) is 21.9 Å². The minimum Gasteiger partial charge on any atom is -0.393 e. The number of aliphatic hydroxyl groups excluding tert-OH is 1. The first-order valence-electron chi connectivity index (χ1n) is 17.6. The van der Waals surface area contributed by atoms with Crippen LogP contribution in [0.4, 0.5) is 0 Å². The highest BCUT2D eigenvalue weighted by molar-refractivity contribution is 8.01. The Bertz CT molecular complexity index is 1950. The molecule has 0 aliphatic heterocycles. The third-order valence-corrected chi connectivity index (χ3v) is 16.3. The molecule has 4 nitrogen and oxygen atoms in total. The average Bonchev–Trinajstić information content (AvgIpc) is 3.65. The fraction of sp³-hybridized carbons (Fsp3) is 0.429. The molecule has 3 aromatic carbocycles. The van der Waals surface area contributed by atoms with Gasteiger partial charge in [-0.3, -0.25) is 4.79 Å². The Morgan fingerprint density at radius 3 is 2.33 bits per heavy atom. The highest BCUT2D eigenvalue weighted by Gasteiger charge is 2.74. The second-order valence-corrected chi connectivity index (χ2v) is 18.1. The summed E-state index contributed by atoms with van der Waals surface area (Å²) in [6.45, 7) is 4.77. The molecule has 2 bridgehead atoms. The number of aliphatic hydroxyl groups is 2. The van der Waals surface area contributed by atoms with E-state index in [1.807, 2.05) is 36.4 Å². The van der Waals surface area contributed by atoms with Crippen molar-refractivity contribution in [2.75, 3.05) is 5.75 Å². The number of thiazole rings is 1. The molecule has 8 atom stereocenters. The number of hydrogen-bond acceptors (Lipinski definition) is 6. The molecule has 8 unspecified atom stereocenters.